The van der Waals surface area contributed by atoms with E-state index < -0.39 is 0 Å². The number of nitrogens with two attached hydrogens (primary N) is 1. The quantitative estimate of drug-likeness (QED) is 0.743. The van der Waals surface area contributed by atoms with Gasteiger partial charge in [-0.1, -0.05) is 0 Å². The lowest BCUT2D eigenvalue weighted by atomic mass is 10.0. The SMILES string of the molecule is CN(CCC(C)(C)N)CC1CCCN1C. The van der Waals surface area contributed by atoms with Crippen LogP contribution in [0.4, 0.5) is 0 Å². The van der Waals surface area contributed by atoms with Crippen molar-refractivity contribution >= 4 is 0 Å². The minimum Gasteiger partial charge on any atom is -0.326 e. The first-order valence-electron chi connectivity index (χ1n) is 6.06. The molecule has 0 spiro atoms. The maximum Gasteiger partial charge on any atom is 0.0220 e. The smallest absolute Gasteiger partial charge is 0.0220 e. The Morgan fingerprint density at radius 2 is 2.13 bits per heavy atom. The summed E-state index contributed by atoms with van der Waals surface area (Å²) in [5.74, 6) is 0. The highest BCUT2D eigenvalue weighted by molar-refractivity contribution is 4.80. The predicted molar refractivity (Wildman–Crippen MR) is 66.0 cm³/mol. The molecule has 0 radical (unpaired) electrons. The van der Waals surface area contributed by atoms with E-state index in [0.29, 0.717) is 0 Å². The van der Waals surface area contributed by atoms with Gasteiger partial charge in [-0.25, -0.2) is 0 Å². The van der Waals surface area contributed by atoms with Crippen molar-refractivity contribution in [3.05, 3.63) is 0 Å². The summed E-state index contributed by atoms with van der Waals surface area (Å²) in [4.78, 5) is 4.89. The molecule has 1 aliphatic heterocycles. The zero-order valence-electron chi connectivity index (χ0n) is 10.8. The normalized spacial score (nSPS) is 24.0. The molecule has 2 N–H and O–H groups in total. The summed E-state index contributed by atoms with van der Waals surface area (Å²) < 4.78 is 0. The average molecular weight is 213 g/mol. The Morgan fingerprint density at radius 3 is 2.60 bits per heavy atom. The summed E-state index contributed by atoms with van der Waals surface area (Å²) >= 11 is 0. The molecule has 0 amide bonds. The molecule has 1 fully saturated rings. The van der Waals surface area contributed by atoms with Crippen LogP contribution in [0, 0.1) is 0 Å². The third-order valence-corrected chi connectivity index (χ3v) is 3.33. The number of nitrogens with zero attached hydrogens (tertiary/aromatic N) is 2. The lowest BCUT2D eigenvalue weighted by molar-refractivity contribution is 0.210. The second-order valence-electron chi connectivity index (χ2n) is 5.78. The van der Waals surface area contributed by atoms with E-state index in [9.17, 15) is 0 Å². The minimum atomic E-state index is -0.0319. The molecule has 3 heteroatoms. The van der Waals surface area contributed by atoms with Crippen LogP contribution in [-0.4, -0.2) is 55.1 Å². The maximum absolute atomic E-state index is 5.98. The summed E-state index contributed by atoms with van der Waals surface area (Å²) in [6.45, 7) is 7.76. The van der Waals surface area contributed by atoms with Crippen LogP contribution in [0.25, 0.3) is 0 Å². The molecule has 90 valence electrons. The molecule has 1 aliphatic rings. The van der Waals surface area contributed by atoms with Crippen LogP contribution < -0.4 is 5.73 Å². The standard InChI is InChI=1S/C12H27N3/c1-12(2,13)7-9-14(3)10-11-6-5-8-15(11)4/h11H,5-10,13H2,1-4H3. The first kappa shape index (κ1) is 12.9. The topological polar surface area (TPSA) is 32.5 Å². The molecule has 0 aliphatic carbocycles. The van der Waals surface area contributed by atoms with Gasteiger partial charge in [-0.3, -0.25) is 0 Å². The molecule has 1 heterocycles. The molecule has 1 saturated heterocycles. The molecular weight excluding hydrogens is 186 g/mol. The molecule has 1 atom stereocenters. The van der Waals surface area contributed by atoms with Crippen LogP contribution in [-0.2, 0) is 0 Å². The van der Waals surface area contributed by atoms with Crippen molar-refractivity contribution in [3.8, 4) is 0 Å². The van der Waals surface area contributed by atoms with E-state index in [1.165, 1.54) is 25.9 Å². The number of hydrogen-bond acceptors (Lipinski definition) is 3. The summed E-state index contributed by atoms with van der Waals surface area (Å²) in [5, 5.41) is 0. The molecule has 3 nitrogen and oxygen atoms in total. The second-order valence-corrected chi connectivity index (χ2v) is 5.78. The van der Waals surface area contributed by atoms with E-state index in [-0.39, 0.29) is 5.54 Å². The van der Waals surface area contributed by atoms with E-state index in [0.717, 1.165) is 19.0 Å². The Balaban J connectivity index is 2.20. The van der Waals surface area contributed by atoms with Gasteiger partial charge in [0.25, 0.3) is 0 Å². The van der Waals surface area contributed by atoms with Gasteiger partial charge in [0, 0.05) is 18.1 Å². The van der Waals surface area contributed by atoms with Crippen molar-refractivity contribution in [2.24, 2.45) is 5.73 Å². The Kier molecular flexibility index (Phi) is 4.56. The van der Waals surface area contributed by atoms with Crippen LogP contribution in [0.15, 0.2) is 0 Å². The van der Waals surface area contributed by atoms with Gasteiger partial charge in [0.05, 0.1) is 0 Å². The Bertz CT molecular complexity index is 186. The molecule has 0 aromatic heterocycles. The monoisotopic (exact) mass is 213 g/mol. The Morgan fingerprint density at radius 1 is 1.47 bits per heavy atom. The van der Waals surface area contributed by atoms with Crippen LogP contribution >= 0.6 is 0 Å². The molecular formula is C12H27N3. The van der Waals surface area contributed by atoms with Crippen LogP contribution in [0.2, 0.25) is 0 Å². The van der Waals surface area contributed by atoms with Crippen molar-refractivity contribution in [2.75, 3.05) is 33.7 Å². The van der Waals surface area contributed by atoms with Crippen molar-refractivity contribution in [1.82, 2.24) is 9.80 Å². The van der Waals surface area contributed by atoms with E-state index in [1.807, 2.05) is 0 Å². The van der Waals surface area contributed by atoms with Gasteiger partial charge in [-0.2, -0.15) is 0 Å². The van der Waals surface area contributed by atoms with Crippen molar-refractivity contribution < 1.29 is 0 Å². The molecule has 15 heavy (non-hydrogen) atoms. The number of likely N-dealkylation sites (N-methyl/N-ethyl adjacent to an activating group) is 2. The summed E-state index contributed by atoms with van der Waals surface area (Å²) in [6.07, 6.45) is 3.78. The van der Waals surface area contributed by atoms with E-state index in [1.54, 1.807) is 0 Å². The summed E-state index contributed by atoms with van der Waals surface area (Å²) in [5.41, 5.74) is 5.95. The Hall–Kier alpha value is -0.120. The first-order valence-corrected chi connectivity index (χ1v) is 6.06. The molecule has 0 aromatic rings. The average Bonchev–Trinajstić information content (AvgIpc) is 2.47. The molecule has 0 saturated carbocycles. The van der Waals surface area contributed by atoms with Gasteiger partial charge >= 0.3 is 0 Å². The molecule has 1 rings (SSSR count). The third-order valence-electron chi connectivity index (χ3n) is 3.33. The van der Waals surface area contributed by atoms with Crippen LogP contribution in [0.5, 0.6) is 0 Å². The fourth-order valence-electron chi connectivity index (χ4n) is 2.14. The molecule has 0 bridgehead atoms. The second kappa shape index (κ2) is 5.28. The number of rotatable bonds is 5. The minimum absolute atomic E-state index is 0.0319. The van der Waals surface area contributed by atoms with Gasteiger partial charge in [0.1, 0.15) is 0 Å². The van der Waals surface area contributed by atoms with E-state index in [4.69, 9.17) is 5.73 Å². The molecule has 1 unspecified atom stereocenters. The van der Waals surface area contributed by atoms with Crippen molar-refractivity contribution in [3.63, 3.8) is 0 Å². The highest BCUT2D eigenvalue weighted by Crippen LogP contribution is 2.15. The summed E-state index contributed by atoms with van der Waals surface area (Å²) in [7, 11) is 4.44. The van der Waals surface area contributed by atoms with E-state index in [2.05, 4.69) is 37.7 Å². The Labute approximate surface area is 94.6 Å². The third kappa shape index (κ3) is 4.96. The lowest BCUT2D eigenvalue weighted by Gasteiger charge is -2.28. The van der Waals surface area contributed by atoms with Gasteiger partial charge in [-0.05, 0) is 60.3 Å². The fourth-order valence-corrected chi connectivity index (χ4v) is 2.14. The lowest BCUT2D eigenvalue weighted by Crippen LogP contribution is -2.40. The van der Waals surface area contributed by atoms with Crippen molar-refractivity contribution in [2.45, 2.75) is 44.7 Å². The van der Waals surface area contributed by atoms with Crippen molar-refractivity contribution in [1.29, 1.82) is 0 Å². The van der Waals surface area contributed by atoms with Gasteiger partial charge in [-0.15, -0.1) is 0 Å². The van der Waals surface area contributed by atoms with Gasteiger partial charge in [0.2, 0.25) is 0 Å². The van der Waals surface area contributed by atoms with Gasteiger partial charge < -0.3 is 15.5 Å². The predicted octanol–water partition coefficient (Wildman–Crippen LogP) is 1.14. The van der Waals surface area contributed by atoms with E-state index >= 15 is 0 Å². The van der Waals surface area contributed by atoms with Gasteiger partial charge in [0.15, 0.2) is 0 Å². The van der Waals surface area contributed by atoms with Crippen LogP contribution in [0.1, 0.15) is 33.1 Å². The first-order chi connectivity index (χ1) is 6.88. The highest BCUT2D eigenvalue weighted by atomic mass is 15.2. The number of hydrogen-bond donors (Lipinski definition) is 1. The summed E-state index contributed by atoms with van der Waals surface area (Å²) in [6, 6.07) is 0.760. The zero-order chi connectivity index (χ0) is 11.5. The largest absolute Gasteiger partial charge is 0.326 e. The van der Waals surface area contributed by atoms with Crippen LogP contribution in [0.3, 0.4) is 0 Å². The number of likely N-dealkylation sites (tertiary alicyclic amines) is 1. The fraction of sp³-hybridized carbons (Fsp3) is 1.00. The zero-order valence-corrected chi connectivity index (χ0v) is 10.8. The maximum atomic E-state index is 5.98. The molecule has 0 aromatic carbocycles. The highest BCUT2D eigenvalue weighted by Gasteiger charge is 2.22.